The van der Waals surface area contributed by atoms with Gasteiger partial charge in [-0.15, -0.1) is 0 Å². The minimum absolute atomic E-state index is 0.249. The van der Waals surface area contributed by atoms with E-state index < -0.39 is 0 Å². The molecule has 1 spiro atoms. The zero-order valence-corrected chi connectivity index (χ0v) is 10.8. The van der Waals surface area contributed by atoms with Crippen molar-refractivity contribution in [3.05, 3.63) is 11.6 Å². The molecule has 1 nitrogen and oxygen atoms in total. The number of allylic oxidation sites excluding steroid dienone is 2. The summed E-state index contributed by atoms with van der Waals surface area (Å²) in [5.41, 5.74) is 2.01. The Morgan fingerprint density at radius 3 is 2.69 bits per heavy atom. The van der Waals surface area contributed by atoms with Crippen molar-refractivity contribution in [2.75, 3.05) is 0 Å². The zero-order chi connectivity index (χ0) is 11.7. The third-order valence-corrected chi connectivity index (χ3v) is 6.02. The van der Waals surface area contributed by atoms with Crippen LogP contribution in [0.3, 0.4) is 0 Å². The van der Waals surface area contributed by atoms with Crippen molar-refractivity contribution in [3.8, 4) is 0 Å². The third kappa shape index (κ3) is 0.959. The van der Waals surface area contributed by atoms with E-state index in [1.54, 1.807) is 0 Å². The molecule has 4 atom stereocenters. The number of hydrogen-bond donors (Lipinski definition) is 0. The van der Waals surface area contributed by atoms with E-state index in [1.165, 1.54) is 24.8 Å². The second-order valence-electron chi connectivity index (χ2n) is 6.89. The molecular weight excluding hydrogens is 196 g/mol. The fraction of sp³-hybridized carbons (Fsp3) is 0.800. The first kappa shape index (κ1) is 10.6. The van der Waals surface area contributed by atoms with E-state index in [9.17, 15) is 4.79 Å². The first-order chi connectivity index (χ1) is 7.39. The van der Waals surface area contributed by atoms with Crippen molar-refractivity contribution in [2.45, 2.75) is 47.0 Å². The maximum absolute atomic E-state index is 12.0. The predicted molar refractivity (Wildman–Crippen MR) is 65.0 cm³/mol. The Kier molecular flexibility index (Phi) is 1.85. The average molecular weight is 218 g/mol. The minimum Gasteiger partial charge on any atom is -0.295 e. The average Bonchev–Trinajstić information content (AvgIpc) is 2.57. The van der Waals surface area contributed by atoms with E-state index in [0.29, 0.717) is 5.78 Å². The molecule has 3 aliphatic rings. The molecule has 0 unspecified atom stereocenters. The van der Waals surface area contributed by atoms with Crippen molar-refractivity contribution in [2.24, 2.45) is 28.6 Å². The van der Waals surface area contributed by atoms with Gasteiger partial charge < -0.3 is 0 Å². The van der Waals surface area contributed by atoms with Gasteiger partial charge in [0.05, 0.1) is 0 Å². The lowest BCUT2D eigenvalue weighted by atomic mass is 9.66. The Hall–Kier alpha value is -0.590. The van der Waals surface area contributed by atoms with Crippen LogP contribution in [0.4, 0.5) is 0 Å². The minimum atomic E-state index is 0.249. The highest BCUT2D eigenvalue weighted by Gasteiger charge is 2.62. The number of rotatable bonds is 0. The van der Waals surface area contributed by atoms with E-state index in [2.05, 4.69) is 27.7 Å². The Morgan fingerprint density at radius 2 is 2.00 bits per heavy atom. The molecule has 0 aliphatic heterocycles. The van der Waals surface area contributed by atoms with Gasteiger partial charge in [0.1, 0.15) is 0 Å². The Bertz CT molecular complexity index is 390. The molecule has 0 aromatic heterocycles. The summed E-state index contributed by atoms with van der Waals surface area (Å²) in [4.78, 5) is 12.0. The molecule has 3 aliphatic carbocycles. The number of hydrogen-bond acceptors (Lipinski definition) is 1. The second-order valence-corrected chi connectivity index (χ2v) is 6.89. The van der Waals surface area contributed by atoms with Gasteiger partial charge in [-0.1, -0.05) is 33.3 Å². The highest BCUT2D eigenvalue weighted by Crippen LogP contribution is 2.69. The maximum Gasteiger partial charge on any atom is 0.159 e. The zero-order valence-electron chi connectivity index (χ0n) is 10.8. The van der Waals surface area contributed by atoms with Crippen molar-refractivity contribution in [1.82, 2.24) is 0 Å². The summed E-state index contributed by atoms with van der Waals surface area (Å²) in [6, 6.07) is 0. The molecular formula is C15H22O. The van der Waals surface area contributed by atoms with Crippen molar-refractivity contribution in [1.29, 1.82) is 0 Å². The molecule has 0 amide bonds. The molecule has 0 saturated heterocycles. The predicted octanol–water partition coefficient (Wildman–Crippen LogP) is 3.59. The van der Waals surface area contributed by atoms with E-state index >= 15 is 0 Å². The fourth-order valence-corrected chi connectivity index (χ4v) is 4.93. The van der Waals surface area contributed by atoms with Gasteiger partial charge in [-0.05, 0) is 42.6 Å². The van der Waals surface area contributed by atoms with Gasteiger partial charge in [0.2, 0.25) is 0 Å². The van der Waals surface area contributed by atoms with Crippen molar-refractivity contribution in [3.63, 3.8) is 0 Å². The lowest BCUT2D eigenvalue weighted by Crippen LogP contribution is -2.32. The van der Waals surface area contributed by atoms with E-state index in [1.807, 2.05) is 6.08 Å². The lowest BCUT2D eigenvalue weighted by molar-refractivity contribution is -0.120. The molecule has 0 aromatic rings. The third-order valence-electron chi connectivity index (χ3n) is 6.02. The molecule has 0 heterocycles. The monoisotopic (exact) mass is 218 g/mol. The molecule has 1 heteroatoms. The van der Waals surface area contributed by atoms with Crippen LogP contribution in [0, 0.1) is 28.6 Å². The van der Waals surface area contributed by atoms with Crippen LogP contribution in [-0.2, 0) is 4.79 Å². The fourth-order valence-electron chi connectivity index (χ4n) is 4.93. The van der Waals surface area contributed by atoms with Gasteiger partial charge in [-0.3, -0.25) is 4.79 Å². The maximum atomic E-state index is 12.0. The molecule has 3 rings (SSSR count). The molecule has 16 heavy (non-hydrogen) atoms. The SMILES string of the molecule is C[C@@H]1CC[C@@]23C[C@@H]1C(C)(C)C2=CC(=O)[C@H]3C. The second kappa shape index (κ2) is 2.80. The van der Waals surface area contributed by atoms with Crippen LogP contribution in [0.2, 0.25) is 0 Å². The molecule has 0 aromatic carbocycles. The number of carbonyl (C=O) groups excluding carboxylic acids is 1. The van der Waals surface area contributed by atoms with E-state index in [-0.39, 0.29) is 16.7 Å². The van der Waals surface area contributed by atoms with Crippen LogP contribution in [0.1, 0.15) is 47.0 Å². The van der Waals surface area contributed by atoms with Crippen LogP contribution >= 0.6 is 0 Å². The number of ketones is 1. The molecule has 0 N–H and O–H groups in total. The van der Waals surface area contributed by atoms with Crippen LogP contribution in [-0.4, -0.2) is 5.78 Å². The van der Waals surface area contributed by atoms with Gasteiger partial charge in [-0.2, -0.15) is 0 Å². The lowest BCUT2D eigenvalue weighted by Gasteiger charge is -2.38. The summed E-state index contributed by atoms with van der Waals surface area (Å²) in [5.74, 6) is 2.26. The largest absolute Gasteiger partial charge is 0.295 e. The molecule has 0 radical (unpaired) electrons. The summed E-state index contributed by atoms with van der Waals surface area (Å²) in [5, 5.41) is 0. The van der Waals surface area contributed by atoms with Crippen LogP contribution in [0.15, 0.2) is 11.6 Å². The smallest absolute Gasteiger partial charge is 0.159 e. The summed E-state index contributed by atoms with van der Waals surface area (Å²) < 4.78 is 0. The highest BCUT2D eigenvalue weighted by atomic mass is 16.1. The van der Waals surface area contributed by atoms with Crippen LogP contribution in [0.5, 0.6) is 0 Å². The van der Waals surface area contributed by atoms with E-state index in [0.717, 1.165) is 11.8 Å². The molecule has 2 fully saturated rings. The van der Waals surface area contributed by atoms with E-state index in [4.69, 9.17) is 0 Å². The Balaban J connectivity index is 2.16. The quantitative estimate of drug-likeness (QED) is 0.607. The van der Waals surface area contributed by atoms with Crippen LogP contribution in [0.25, 0.3) is 0 Å². The Morgan fingerprint density at radius 1 is 1.31 bits per heavy atom. The first-order valence-corrected chi connectivity index (χ1v) is 6.66. The topological polar surface area (TPSA) is 17.1 Å². The number of carbonyl (C=O) groups is 1. The standard InChI is InChI=1S/C15H22O/c1-9-5-6-15-8-11(9)14(3,4)13(15)7-12(16)10(15)2/h7,9-11H,5-6,8H2,1-4H3/t9-,10-,11+,15+/m1/s1. The van der Waals surface area contributed by atoms with Gasteiger partial charge in [-0.25, -0.2) is 0 Å². The van der Waals surface area contributed by atoms with Gasteiger partial charge in [0.15, 0.2) is 5.78 Å². The van der Waals surface area contributed by atoms with Gasteiger partial charge in [0.25, 0.3) is 0 Å². The Labute approximate surface area is 98.3 Å². The molecule has 2 bridgehead atoms. The summed E-state index contributed by atoms with van der Waals surface area (Å²) in [6.07, 6.45) is 5.82. The summed E-state index contributed by atoms with van der Waals surface area (Å²) in [7, 11) is 0. The summed E-state index contributed by atoms with van der Waals surface area (Å²) in [6.45, 7) is 9.27. The van der Waals surface area contributed by atoms with Crippen LogP contribution < -0.4 is 0 Å². The molecule has 2 saturated carbocycles. The highest BCUT2D eigenvalue weighted by molar-refractivity contribution is 5.97. The first-order valence-electron chi connectivity index (χ1n) is 6.66. The van der Waals surface area contributed by atoms with Crippen molar-refractivity contribution < 1.29 is 4.79 Å². The summed E-state index contributed by atoms with van der Waals surface area (Å²) >= 11 is 0. The van der Waals surface area contributed by atoms with Gasteiger partial charge >= 0.3 is 0 Å². The van der Waals surface area contributed by atoms with Crippen molar-refractivity contribution >= 4 is 5.78 Å². The van der Waals surface area contributed by atoms with Gasteiger partial charge in [0, 0.05) is 11.3 Å². The normalized spacial score (nSPS) is 49.1. The molecule has 88 valence electrons. The number of fused-ring (bicyclic) bond motifs is 1.